The summed E-state index contributed by atoms with van der Waals surface area (Å²) in [5.74, 6) is -1.64. The average molecular weight is 571 g/mol. The lowest BCUT2D eigenvalue weighted by Gasteiger charge is -2.44. The Morgan fingerprint density at radius 1 is 1.26 bits per heavy atom. The van der Waals surface area contributed by atoms with Gasteiger partial charge in [-0.25, -0.2) is 0 Å². The van der Waals surface area contributed by atoms with Crippen molar-refractivity contribution in [2.24, 2.45) is 17.8 Å². The minimum absolute atomic E-state index is 0.00648. The smallest absolute Gasteiger partial charge is 0.247 e. The average Bonchev–Trinajstić information content (AvgIpc) is 3.35. The monoisotopic (exact) mass is 569 g/mol. The first-order valence-electron chi connectivity index (χ1n) is 12.3. The molecule has 2 bridgehead atoms. The Labute approximate surface area is 222 Å². The van der Waals surface area contributed by atoms with Crippen molar-refractivity contribution in [3.8, 4) is 0 Å². The van der Waals surface area contributed by atoms with Crippen LogP contribution < -0.4 is 0 Å². The molecule has 3 heterocycles. The van der Waals surface area contributed by atoms with Crippen LogP contribution in [0.2, 0.25) is 0 Å². The topological polar surface area (TPSA) is 81.2 Å². The molecule has 3 aliphatic rings. The number of hydrogen-bond donors (Lipinski definition) is 1. The summed E-state index contributed by atoms with van der Waals surface area (Å²) in [6.07, 6.45) is 3.99. The molecule has 9 heteroatoms. The standard InChI is InChI=1S/C26H40BrN3O4S/c1-9-11-28(8)22(32)18-19-23(33)30(17(14-31)15(3)4)21(26(19)13-16(27)20(18)35-26)24(34)29(12-10-2)25(5,6)7/h9-10,15-21,31H,1-2,11-14H2,3-8H3/t16?,17-,18+,19-,20+,21?,26?/m0/s1. The number of amides is 3. The number of likely N-dealkylation sites (tertiary alicyclic amines) is 1. The van der Waals surface area contributed by atoms with Crippen LogP contribution in [0.4, 0.5) is 0 Å². The van der Waals surface area contributed by atoms with Crippen molar-refractivity contribution in [2.45, 2.75) is 73.5 Å². The van der Waals surface area contributed by atoms with Gasteiger partial charge in [-0.1, -0.05) is 41.9 Å². The zero-order valence-corrected chi connectivity index (χ0v) is 24.1. The quantitative estimate of drug-likeness (QED) is 0.341. The van der Waals surface area contributed by atoms with Crippen LogP contribution in [0.1, 0.15) is 41.0 Å². The molecule has 3 rings (SSSR count). The number of fused-ring (bicyclic) bond motifs is 1. The fourth-order valence-electron chi connectivity index (χ4n) is 6.12. The lowest BCUT2D eigenvalue weighted by Crippen LogP contribution is -2.61. The van der Waals surface area contributed by atoms with E-state index < -0.39 is 34.2 Å². The highest BCUT2D eigenvalue weighted by Gasteiger charge is 2.76. The lowest BCUT2D eigenvalue weighted by molar-refractivity contribution is -0.149. The number of hydrogen-bond acceptors (Lipinski definition) is 5. The Kier molecular flexibility index (Phi) is 8.24. The number of thioether (sulfide) groups is 1. The Balaban J connectivity index is 2.18. The highest BCUT2D eigenvalue weighted by molar-refractivity contribution is 9.09. The van der Waals surface area contributed by atoms with E-state index in [4.69, 9.17) is 0 Å². The molecule has 3 amide bonds. The zero-order valence-electron chi connectivity index (χ0n) is 21.7. The molecule has 7 atom stereocenters. The van der Waals surface area contributed by atoms with Crippen LogP contribution in [0.25, 0.3) is 0 Å². The third-order valence-corrected chi connectivity index (χ3v) is 10.9. The van der Waals surface area contributed by atoms with Gasteiger partial charge >= 0.3 is 0 Å². The highest BCUT2D eigenvalue weighted by Crippen LogP contribution is 2.68. The van der Waals surface area contributed by atoms with Gasteiger partial charge in [0.2, 0.25) is 17.7 Å². The third kappa shape index (κ3) is 4.50. The van der Waals surface area contributed by atoms with Crippen molar-refractivity contribution in [3.63, 3.8) is 0 Å². The van der Waals surface area contributed by atoms with Gasteiger partial charge in [0.15, 0.2) is 0 Å². The van der Waals surface area contributed by atoms with Crippen molar-refractivity contribution >= 4 is 45.4 Å². The Hall–Kier alpha value is -1.32. The van der Waals surface area contributed by atoms with Crippen molar-refractivity contribution in [1.29, 1.82) is 0 Å². The molecule has 3 fully saturated rings. The van der Waals surface area contributed by atoms with Gasteiger partial charge < -0.3 is 19.8 Å². The van der Waals surface area contributed by atoms with Gasteiger partial charge in [-0.2, -0.15) is 0 Å². The van der Waals surface area contributed by atoms with Gasteiger partial charge in [-0.15, -0.1) is 24.9 Å². The largest absolute Gasteiger partial charge is 0.394 e. The highest BCUT2D eigenvalue weighted by atomic mass is 79.9. The summed E-state index contributed by atoms with van der Waals surface area (Å²) in [5.41, 5.74) is -0.490. The molecule has 0 aliphatic carbocycles. The molecule has 0 aromatic heterocycles. The van der Waals surface area contributed by atoms with E-state index in [9.17, 15) is 19.5 Å². The number of aliphatic hydroxyl groups is 1. The molecule has 0 aromatic rings. The van der Waals surface area contributed by atoms with Gasteiger partial charge in [-0.05, 0) is 33.1 Å². The number of halogens is 1. The van der Waals surface area contributed by atoms with E-state index in [1.165, 1.54) is 0 Å². The minimum Gasteiger partial charge on any atom is -0.394 e. The van der Waals surface area contributed by atoms with Gasteiger partial charge in [0, 0.05) is 35.8 Å². The third-order valence-electron chi connectivity index (χ3n) is 7.73. The maximum Gasteiger partial charge on any atom is 0.247 e. The van der Waals surface area contributed by atoms with E-state index in [0.717, 1.165) is 0 Å². The van der Waals surface area contributed by atoms with Crippen molar-refractivity contribution < 1.29 is 19.5 Å². The number of likely N-dealkylation sites (N-methyl/N-ethyl adjacent to an activating group) is 1. The molecule has 196 valence electrons. The molecule has 1 N–H and O–H groups in total. The van der Waals surface area contributed by atoms with E-state index >= 15 is 0 Å². The SMILES string of the molecule is C=CCN(C)C(=O)[C@H]1[C@@H]2SC3(CC2Br)C(C(=O)N(CC=C)C(C)(C)C)N([C@@H](CO)C(C)C)C(=O)[C@H]13. The van der Waals surface area contributed by atoms with Gasteiger partial charge in [-0.3, -0.25) is 14.4 Å². The van der Waals surface area contributed by atoms with Crippen LogP contribution in [0.3, 0.4) is 0 Å². The second-order valence-electron chi connectivity index (χ2n) is 11.3. The molecular formula is C26H40BrN3O4S. The zero-order chi connectivity index (χ0) is 26.5. The molecule has 3 unspecified atom stereocenters. The summed E-state index contributed by atoms with van der Waals surface area (Å²) in [5, 5.41) is 10.3. The van der Waals surface area contributed by atoms with Crippen molar-refractivity contribution in [1.82, 2.24) is 14.7 Å². The fraction of sp³-hybridized carbons (Fsp3) is 0.731. The van der Waals surface area contributed by atoms with Crippen LogP contribution in [0.15, 0.2) is 25.3 Å². The second-order valence-corrected chi connectivity index (χ2v) is 14.0. The van der Waals surface area contributed by atoms with E-state index in [1.54, 1.807) is 45.7 Å². The Morgan fingerprint density at radius 2 is 1.86 bits per heavy atom. The van der Waals surface area contributed by atoms with Crippen molar-refractivity contribution in [3.05, 3.63) is 25.3 Å². The molecule has 3 aliphatic heterocycles. The first kappa shape index (κ1) is 28.3. The van der Waals surface area contributed by atoms with E-state index in [-0.39, 0.29) is 40.3 Å². The van der Waals surface area contributed by atoms with E-state index in [0.29, 0.717) is 19.5 Å². The van der Waals surface area contributed by atoms with E-state index in [1.807, 2.05) is 34.6 Å². The number of carbonyl (C=O) groups is 3. The summed E-state index contributed by atoms with van der Waals surface area (Å²) in [6.45, 7) is 17.9. The molecule has 0 saturated carbocycles. The number of alkyl halides is 1. The molecule has 1 spiro atoms. The maximum atomic E-state index is 14.4. The molecule has 0 radical (unpaired) electrons. The molecule has 35 heavy (non-hydrogen) atoms. The number of carbonyl (C=O) groups excluding carboxylic acids is 3. The van der Waals surface area contributed by atoms with Crippen LogP contribution in [0, 0.1) is 17.8 Å². The van der Waals surface area contributed by atoms with Crippen LogP contribution in [-0.2, 0) is 14.4 Å². The van der Waals surface area contributed by atoms with Crippen LogP contribution in [-0.4, -0.2) is 96.7 Å². The second kappa shape index (κ2) is 10.2. The molecular weight excluding hydrogens is 530 g/mol. The maximum absolute atomic E-state index is 14.4. The fourth-order valence-corrected chi connectivity index (χ4v) is 9.70. The first-order chi connectivity index (χ1) is 16.3. The van der Waals surface area contributed by atoms with Crippen molar-refractivity contribution in [2.75, 3.05) is 26.7 Å². The lowest BCUT2D eigenvalue weighted by atomic mass is 9.70. The molecule has 0 aromatic carbocycles. The van der Waals surface area contributed by atoms with Gasteiger partial charge in [0.1, 0.15) is 6.04 Å². The minimum atomic E-state index is -0.767. The summed E-state index contributed by atoms with van der Waals surface area (Å²) in [7, 11) is 1.73. The summed E-state index contributed by atoms with van der Waals surface area (Å²) in [6, 6.07) is -1.28. The van der Waals surface area contributed by atoms with Gasteiger partial charge in [0.25, 0.3) is 0 Å². The number of aliphatic hydroxyl groups excluding tert-OH is 1. The Morgan fingerprint density at radius 3 is 2.34 bits per heavy atom. The normalized spacial score (nSPS) is 32.5. The summed E-state index contributed by atoms with van der Waals surface area (Å²) in [4.78, 5) is 47.3. The summed E-state index contributed by atoms with van der Waals surface area (Å²) < 4.78 is -0.741. The number of nitrogens with zero attached hydrogens (tertiary/aromatic N) is 3. The molecule has 3 saturated heterocycles. The van der Waals surface area contributed by atoms with E-state index in [2.05, 4.69) is 29.1 Å². The summed E-state index contributed by atoms with van der Waals surface area (Å²) >= 11 is 5.42. The first-order valence-corrected chi connectivity index (χ1v) is 14.1. The van der Waals surface area contributed by atoms with Crippen LogP contribution in [0.5, 0.6) is 0 Å². The predicted octanol–water partition coefficient (Wildman–Crippen LogP) is 2.93. The van der Waals surface area contributed by atoms with Crippen LogP contribution >= 0.6 is 27.7 Å². The van der Waals surface area contributed by atoms with Gasteiger partial charge in [0.05, 0.1) is 29.2 Å². The Bertz CT molecular complexity index is 890. The molecule has 7 nitrogen and oxygen atoms in total. The number of rotatable bonds is 9. The predicted molar refractivity (Wildman–Crippen MR) is 144 cm³/mol.